The summed E-state index contributed by atoms with van der Waals surface area (Å²) in [6.45, 7) is 4.65. The summed E-state index contributed by atoms with van der Waals surface area (Å²) in [5.74, 6) is 0. The van der Waals surface area contributed by atoms with Crippen LogP contribution >= 0.6 is 0 Å². The van der Waals surface area contributed by atoms with Crippen molar-refractivity contribution in [3.63, 3.8) is 0 Å². The van der Waals surface area contributed by atoms with E-state index in [2.05, 4.69) is 21.3 Å². The van der Waals surface area contributed by atoms with Gasteiger partial charge in [0, 0.05) is 0 Å². The number of carbonyl (C=O) groups is 1. The Balaban J connectivity index is 0.000000162. The number of hydrogen-bond donors (Lipinski definition) is 1. The molecule has 1 amide bonds. The van der Waals surface area contributed by atoms with Gasteiger partial charge in [-0.3, -0.25) is 0 Å². The van der Waals surface area contributed by atoms with Crippen LogP contribution in [0.1, 0.15) is 38.5 Å². The van der Waals surface area contributed by atoms with Crippen LogP contribution in [0.4, 0.5) is 4.79 Å². The van der Waals surface area contributed by atoms with Gasteiger partial charge in [-0.2, -0.15) is 0 Å². The third-order valence-corrected chi connectivity index (χ3v) is 3.47. The Morgan fingerprint density at radius 2 is 1.47 bits per heavy atom. The van der Waals surface area contributed by atoms with E-state index in [1.165, 1.54) is 51.6 Å². The van der Waals surface area contributed by atoms with E-state index in [4.69, 9.17) is 0 Å². The zero-order valence-electron chi connectivity index (χ0n) is 9.41. The Labute approximate surface area is 101 Å². The Hall–Kier alpha value is -0.0505. The number of amides is 1. The average molecular weight is 277 g/mol. The van der Waals surface area contributed by atoms with Crippen molar-refractivity contribution >= 4 is 20.8 Å². The van der Waals surface area contributed by atoms with Crippen molar-refractivity contribution < 1.29 is 10.1 Å². The topological polar surface area (TPSA) is 36.9 Å². The summed E-state index contributed by atoms with van der Waals surface area (Å²) in [5.41, 5.74) is 0. The van der Waals surface area contributed by atoms with E-state index in [1.807, 2.05) is 4.90 Å². The molecule has 2 saturated heterocycles. The quantitative estimate of drug-likeness (QED) is 0.643. The molecule has 15 heavy (non-hydrogen) atoms. The van der Waals surface area contributed by atoms with Gasteiger partial charge in [-0.15, -0.1) is 0 Å². The van der Waals surface area contributed by atoms with E-state index in [0.29, 0.717) is 0 Å². The standard InChI is InChI=1S/C6H11NOSe.C5H11N/c8-6(9)7-4-2-1-3-5-7;1-2-4-6-5-3-1/h1-5H2,(H,8,9);6H,1-5H2. The maximum atomic E-state index is 10.7. The van der Waals surface area contributed by atoms with Crippen LogP contribution in [0.15, 0.2) is 0 Å². The first-order chi connectivity index (χ1) is 7.30. The van der Waals surface area contributed by atoms with Gasteiger partial charge in [0.2, 0.25) is 0 Å². The predicted octanol–water partition coefficient (Wildman–Crippen LogP) is 0.495. The van der Waals surface area contributed by atoms with E-state index in [0.717, 1.165) is 13.1 Å². The molecule has 3 nitrogen and oxygen atoms in total. The average Bonchev–Trinajstić information content (AvgIpc) is 2.33. The second kappa shape index (κ2) is 8.14. The summed E-state index contributed by atoms with van der Waals surface area (Å²) in [7, 11) is 0. The zero-order valence-corrected chi connectivity index (χ0v) is 11.1. The van der Waals surface area contributed by atoms with Crippen LogP contribution in [0.3, 0.4) is 0 Å². The van der Waals surface area contributed by atoms with Crippen molar-refractivity contribution in [3.8, 4) is 0 Å². The van der Waals surface area contributed by atoms with Crippen molar-refractivity contribution in [3.05, 3.63) is 0 Å². The molecule has 0 saturated carbocycles. The molecule has 0 spiro atoms. The molecule has 4 heteroatoms. The minimum absolute atomic E-state index is 0.106. The van der Waals surface area contributed by atoms with E-state index in [1.54, 1.807) is 0 Å². The molecule has 2 fully saturated rings. The zero-order chi connectivity index (χ0) is 10.9. The first-order valence-corrected chi connectivity index (χ1v) is 6.94. The van der Waals surface area contributed by atoms with Gasteiger partial charge >= 0.3 is 62.9 Å². The minimum atomic E-state index is 0.106. The summed E-state index contributed by atoms with van der Waals surface area (Å²) < 4.78 is 0. The molecule has 0 aromatic heterocycles. The van der Waals surface area contributed by atoms with Crippen LogP contribution < -0.4 is 5.32 Å². The van der Waals surface area contributed by atoms with Crippen molar-refractivity contribution in [2.45, 2.75) is 38.5 Å². The van der Waals surface area contributed by atoms with E-state index < -0.39 is 0 Å². The van der Waals surface area contributed by atoms with Gasteiger partial charge in [0.1, 0.15) is 0 Å². The molecule has 0 aromatic rings. The summed E-state index contributed by atoms with van der Waals surface area (Å²) >= 11 is 2.50. The number of hydrogen-bond acceptors (Lipinski definition) is 1. The molecule has 0 unspecified atom stereocenters. The normalized spacial score (nSPS) is 21.5. The van der Waals surface area contributed by atoms with Crippen molar-refractivity contribution in [1.29, 1.82) is 0 Å². The Morgan fingerprint density at radius 3 is 1.73 bits per heavy atom. The number of piperidine rings is 2. The summed E-state index contributed by atoms with van der Waals surface area (Å²) in [4.78, 5) is 12.6. The molecule has 2 rings (SSSR count). The molecule has 0 atom stereocenters. The number of nitrogens with two attached hydrogens (primary N) is 1. The van der Waals surface area contributed by atoms with E-state index >= 15 is 0 Å². The first-order valence-electron chi connectivity index (χ1n) is 6.08. The number of nitrogens with zero attached hydrogens (tertiary/aromatic N) is 1. The number of quaternary nitrogens is 1. The third kappa shape index (κ3) is 6.18. The molecule has 0 aromatic carbocycles. The Kier molecular flexibility index (Phi) is 7.07. The molecule has 0 radical (unpaired) electrons. The van der Waals surface area contributed by atoms with Gasteiger partial charge in [-0.25, -0.2) is 0 Å². The van der Waals surface area contributed by atoms with Crippen molar-refractivity contribution in [2.75, 3.05) is 26.2 Å². The summed E-state index contributed by atoms with van der Waals surface area (Å²) in [6.07, 6.45) is 7.99. The van der Waals surface area contributed by atoms with Crippen molar-refractivity contribution in [1.82, 2.24) is 4.90 Å². The second-order valence-corrected chi connectivity index (χ2v) is 4.97. The maximum absolute atomic E-state index is 10.7. The van der Waals surface area contributed by atoms with Crippen LogP contribution in [0.25, 0.3) is 0 Å². The fraction of sp³-hybridized carbons (Fsp3) is 0.909. The molecule has 2 N–H and O–H groups in total. The Bertz CT molecular complexity index is 166. The summed E-state index contributed by atoms with van der Waals surface area (Å²) in [5, 5.41) is 2.39. The molecule has 2 heterocycles. The van der Waals surface area contributed by atoms with Crippen LogP contribution in [0.2, 0.25) is 0 Å². The SMILES string of the molecule is C1CC[NH2+]CC1.O=C([Se-])N1CCCCC1. The second-order valence-electron chi connectivity index (χ2n) is 4.24. The molecule has 0 bridgehead atoms. The number of rotatable bonds is 0. The van der Waals surface area contributed by atoms with Gasteiger partial charge in [0.25, 0.3) is 0 Å². The predicted molar refractivity (Wildman–Crippen MR) is 62.1 cm³/mol. The van der Waals surface area contributed by atoms with Gasteiger partial charge < -0.3 is 5.32 Å². The number of likely N-dealkylation sites (tertiary alicyclic amines) is 1. The molecular formula is C11H22N2OSe. The van der Waals surface area contributed by atoms with Crippen LogP contribution in [0, 0.1) is 0 Å². The first kappa shape index (κ1) is 13.0. The van der Waals surface area contributed by atoms with Crippen LogP contribution in [-0.4, -0.2) is 51.9 Å². The molecule has 0 aliphatic carbocycles. The van der Waals surface area contributed by atoms with Crippen LogP contribution in [0.5, 0.6) is 0 Å². The number of carbonyl (C=O) groups excluding carboxylic acids is 1. The fourth-order valence-electron chi connectivity index (χ4n) is 1.97. The van der Waals surface area contributed by atoms with Gasteiger partial charge in [0.15, 0.2) is 0 Å². The van der Waals surface area contributed by atoms with Crippen molar-refractivity contribution in [2.24, 2.45) is 0 Å². The molecule has 2 aliphatic rings. The summed E-state index contributed by atoms with van der Waals surface area (Å²) in [6, 6.07) is 0. The molecule has 2 aliphatic heterocycles. The van der Waals surface area contributed by atoms with E-state index in [-0.39, 0.29) is 4.81 Å². The molecule has 88 valence electrons. The van der Waals surface area contributed by atoms with Gasteiger partial charge in [-0.05, 0) is 19.3 Å². The van der Waals surface area contributed by atoms with Gasteiger partial charge in [-0.1, -0.05) is 0 Å². The van der Waals surface area contributed by atoms with Crippen LogP contribution in [-0.2, 0) is 0 Å². The monoisotopic (exact) mass is 278 g/mol. The molecular weight excluding hydrogens is 255 g/mol. The van der Waals surface area contributed by atoms with Gasteiger partial charge in [0.05, 0.1) is 13.1 Å². The third-order valence-electron chi connectivity index (χ3n) is 2.93. The fourth-order valence-corrected chi connectivity index (χ4v) is 2.36. The van der Waals surface area contributed by atoms with E-state index in [9.17, 15) is 4.79 Å². The Morgan fingerprint density at radius 1 is 0.933 bits per heavy atom.